The Morgan fingerprint density at radius 1 is 0.966 bits per heavy atom. The predicted octanol–water partition coefficient (Wildman–Crippen LogP) is 6.54. The van der Waals surface area contributed by atoms with Crippen LogP contribution in [0.2, 0.25) is 5.02 Å². The fourth-order valence-corrected chi connectivity index (χ4v) is 3.84. The highest BCUT2D eigenvalue weighted by Crippen LogP contribution is 2.26. The van der Waals surface area contributed by atoms with Crippen LogP contribution in [0.15, 0.2) is 82.4 Å². The first kappa shape index (κ1) is 19.7. The molecule has 0 fully saturated rings. The van der Waals surface area contributed by atoms with Crippen molar-refractivity contribution < 1.29 is 0 Å². The van der Waals surface area contributed by atoms with Crippen molar-refractivity contribution in [2.24, 2.45) is 5.10 Å². The number of para-hydroxylation sites is 1. The number of hydrazone groups is 1. The lowest BCUT2D eigenvalue weighted by atomic mass is 10.1. The summed E-state index contributed by atoms with van der Waals surface area (Å²) in [5, 5.41) is 6.42. The third-order valence-corrected chi connectivity index (χ3v) is 5.80. The monoisotopic (exact) mass is 465 g/mol. The maximum Gasteiger partial charge on any atom is 0.0580 e. The normalized spacial score (nSPS) is 11.4. The van der Waals surface area contributed by atoms with Crippen molar-refractivity contribution in [3.05, 3.63) is 105 Å². The topological polar surface area (TPSA) is 29.3 Å². The van der Waals surface area contributed by atoms with Crippen molar-refractivity contribution >= 4 is 44.6 Å². The zero-order chi connectivity index (χ0) is 20.2. The maximum absolute atomic E-state index is 5.94. The first-order chi connectivity index (χ1) is 14.1. The van der Waals surface area contributed by atoms with Crippen LogP contribution in [0.3, 0.4) is 0 Å². The SMILES string of the molecule is Cc1c(/C=N\NCc2ccc(Cl)cc2)c2ccccc2n1Cc1ccc(Br)cc1. The van der Waals surface area contributed by atoms with E-state index in [-0.39, 0.29) is 0 Å². The second-order valence-corrected chi connectivity index (χ2v) is 8.30. The molecular weight excluding hydrogens is 446 g/mol. The molecule has 1 N–H and O–H groups in total. The summed E-state index contributed by atoms with van der Waals surface area (Å²) >= 11 is 9.45. The van der Waals surface area contributed by atoms with Crippen LogP contribution in [-0.2, 0) is 13.1 Å². The van der Waals surface area contributed by atoms with Crippen LogP contribution in [0.5, 0.6) is 0 Å². The van der Waals surface area contributed by atoms with E-state index in [0.29, 0.717) is 6.54 Å². The number of fused-ring (bicyclic) bond motifs is 1. The number of hydrogen-bond donors (Lipinski definition) is 1. The second-order valence-electron chi connectivity index (χ2n) is 6.95. The Kier molecular flexibility index (Phi) is 6.02. The lowest BCUT2D eigenvalue weighted by molar-refractivity contribution is 0.747. The van der Waals surface area contributed by atoms with Gasteiger partial charge in [0.05, 0.1) is 12.8 Å². The number of halogens is 2. The molecule has 0 spiro atoms. The van der Waals surface area contributed by atoms with Gasteiger partial charge in [-0.2, -0.15) is 5.10 Å². The van der Waals surface area contributed by atoms with Crippen molar-refractivity contribution in [1.82, 2.24) is 9.99 Å². The van der Waals surface area contributed by atoms with Crippen molar-refractivity contribution in [2.75, 3.05) is 0 Å². The molecule has 0 aliphatic rings. The molecule has 0 bridgehead atoms. The number of aromatic nitrogens is 1. The highest BCUT2D eigenvalue weighted by molar-refractivity contribution is 9.10. The summed E-state index contributed by atoms with van der Waals surface area (Å²) in [6.45, 7) is 3.63. The van der Waals surface area contributed by atoms with Crippen molar-refractivity contribution in [3.8, 4) is 0 Å². The van der Waals surface area contributed by atoms with E-state index in [2.05, 4.69) is 86.5 Å². The second kappa shape index (κ2) is 8.85. The number of nitrogens with zero attached hydrogens (tertiary/aromatic N) is 2. The Hall–Kier alpha value is -2.56. The smallest absolute Gasteiger partial charge is 0.0580 e. The molecule has 3 aromatic carbocycles. The highest BCUT2D eigenvalue weighted by Gasteiger charge is 2.12. The Balaban J connectivity index is 1.58. The van der Waals surface area contributed by atoms with E-state index in [9.17, 15) is 0 Å². The molecule has 3 nitrogen and oxygen atoms in total. The Morgan fingerprint density at radius 3 is 2.41 bits per heavy atom. The van der Waals surface area contributed by atoms with Gasteiger partial charge < -0.3 is 9.99 Å². The molecule has 0 saturated carbocycles. The molecular formula is C24H21BrClN3. The molecule has 0 amide bonds. The molecule has 4 rings (SSSR count). The van der Waals surface area contributed by atoms with E-state index in [1.165, 1.54) is 22.2 Å². The van der Waals surface area contributed by atoms with Crippen LogP contribution in [0.25, 0.3) is 10.9 Å². The van der Waals surface area contributed by atoms with Crippen molar-refractivity contribution in [2.45, 2.75) is 20.0 Å². The van der Waals surface area contributed by atoms with Crippen molar-refractivity contribution in [1.29, 1.82) is 0 Å². The minimum Gasteiger partial charge on any atom is -0.340 e. The lowest BCUT2D eigenvalue weighted by Gasteiger charge is -2.09. The number of benzene rings is 3. The van der Waals surface area contributed by atoms with E-state index in [1.807, 2.05) is 30.5 Å². The van der Waals surface area contributed by atoms with E-state index < -0.39 is 0 Å². The van der Waals surface area contributed by atoms with E-state index in [4.69, 9.17) is 11.6 Å². The van der Waals surface area contributed by atoms with Gasteiger partial charge in [-0.1, -0.05) is 70.0 Å². The molecule has 1 aromatic heterocycles. The van der Waals surface area contributed by atoms with Crippen LogP contribution in [0.4, 0.5) is 0 Å². The molecule has 0 radical (unpaired) electrons. The molecule has 4 aromatic rings. The van der Waals surface area contributed by atoms with Gasteiger partial charge in [-0.3, -0.25) is 0 Å². The van der Waals surface area contributed by atoms with Crippen LogP contribution in [0, 0.1) is 6.92 Å². The Bertz CT molecular complexity index is 1150. The van der Waals surface area contributed by atoms with Crippen molar-refractivity contribution in [3.63, 3.8) is 0 Å². The molecule has 5 heteroatoms. The van der Waals surface area contributed by atoms with Gasteiger partial charge in [-0.25, -0.2) is 0 Å². The molecule has 146 valence electrons. The van der Waals surface area contributed by atoms with Gasteiger partial charge in [0.2, 0.25) is 0 Å². The zero-order valence-corrected chi connectivity index (χ0v) is 18.4. The van der Waals surface area contributed by atoms with Gasteiger partial charge in [0, 0.05) is 38.2 Å². The van der Waals surface area contributed by atoms with Crippen LogP contribution < -0.4 is 5.43 Å². The number of hydrogen-bond acceptors (Lipinski definition) is 2. The average Bonchev–Trinajstić information content (AvgIpc) is 3.00. The third-order valence-electron chi connectivity index (χ3n) is 5.02. The maximum atomic E-state index is 5.94. The minimum absolute atomic E-state index is 0.657. The molecule has 0 saturated heterocycles. The predicted molar refractivity (Wildman–Crippen MR) is 126 cm³/mol. The summed E-state index contributed by atoms with van der Waals surface area (Å²) in [6.07, 6.45) is 1.92. The largest absolute Gasteiger partial charge is 0.340 e. The summed E-state index contributed by atoms with van der Waals surface area (Å²) in [5.41, 5.74) is 9.10. The van der Waals surface area contributed by atoms with E-state index in [1.54, 1.807) is 0 Å². The van der Waals surface area contributed by atoms with Gasteiger partial charge in [0.1, 0.15) is 0 Å². The number of nitrogens with one attached hydrogen (secondary N) is 1. The fourth-order valence-electron chi connectivity index (χ4n) is 3.45. The van der Waals surface area contributed by atoms with Gasteiger partial charge in [0.15, 0.2) is 0 Å². The highest BCUT2D eigenvalue weighted by atomic mass is 79.9. The standard InChI is InChI=1S/C24H21BrClN3/c1-17-23(15-28-27-14-18-8-12-21(26)13-9-18)22-4-2-3-5-24(22)29(17)16-19-6-10-20(25)11-7-19/h2-13,15,27H,14,16H2,1H3/b28-15-. The summed E-state index contributed by atoms with van der Waals surface area (Å²) in [4.78, 5) is 0. The quantitative estimate of drug-likeness (QED) is 0.254. The third kappa shape index (κ3) is 4.55. The van der Waals surface area contributed by atoms with Gasteiger partial charge in [0.25, 0.3) is 0 Å². The first-order valence-corrected chi connectivity index (χ1v) is 10.6. The number of rotatable bonds is 6. The summed E-state index contributed by atoms with van der Waals surface area (Å²) in [7, 11) is 0. The molecule has 0 atom stereocenters. The summed E-state index contributed by atoms with van der Waals surface area (Å²) in [6, 6.07) is 24.7. The van der Waals surface area contributed by atoms with Gasteiger partial charge in [-0.05, 0) is 48.4 Å². The first-order valence-electron chi connectivity index (χ1n) is 9.44. The molecule has 29 heavy (non-hydrogen) atoms. The minimum atomic E-state index is 0.657. The van der Waals surface area contributed by atoms with E-state index >= 15 is 0 Å². The average molecular weight is 467 g/mol. The van der Waals surface area contributed by atoms with E-state index in [0.717, 1.165) is 27.2 Å². The van der Waals surface area contributed by atoms with Crippen LogP contribution >= 0.6 is 27.5 Å². The Morgan fingerprint density at radius 2 is 1.66 bits per heavy atom. The summed E-state index contributed by atoms with van der Waals surface area (Å²) < 4.78 is 3.44. The molecule has 0 aliphatic carbocycles. The molecule has 0 unspecified atom stereocenters. The molecule has 1 heterocycles. The fraction of sp³-hybridized carbons (Fsp3) is 0.125. The van der Waals surface area contributed by atoms with Gasteiger partial charge in [-0.15, -0.1) is 0 Å². The van der Waals surface area contributed by atoms with Crippen LogP contribution in [-0.4, -0.2) is 10.8 Å². The van der Waals surface area contributed by atoms with Gasteiger partial charge >= 0.3 is 0 Å². The van der Waals surface area contributed by atoms with Crippen LogP contribution in [0.1, 0.15) is 22.4 Å². The zero-order valence-electron chi connectivity index (χ0n) is 16.1. The Labute approximate surface area is 184 Å². The molecule has 0 aliphatic heterocycles. The summed E-state index contributed by atoms with van der Waals surface area (Å²) in [5.74, 6) is 0. The lowest BCUT2D eigenvalue weighted by Crippen LogP contribution is -2.06.